The summed E-state index contributed by atoms with van der Waals surface area (Å²) in [4.78, 5) is 44.1. The van der Waals surface area contributed by atoms with Gasteiger partial charge in [-0.1, -0.05) is 46.5 Å². The van der Waals surface area contributed by atoms with Crippen LogP contribution in [0.5, 0.6) is 0 Å². The van der Waals surface area contributed by atoms with Crippen molar-refractivity contribution in [2.75, 3.05) is 26.2 Å². The summed E-state index contributed by atoms with van der Waals surface area (Å²) in [5.41, 5.74) is -2.74. The number of esters is 1. The number of aliphatic hydroxyl groups is 1. The molecule has 4 N–H and O–H groups in total. The molecule has 10 nitrogen and oxygen atoms in total. The fourth-order valence-electron chi connectivity index (χ4n) is 2.49. The number of hydrogen-bond donors (Lipinski definition) is 4. The van der Waals surface area contributed by atoms with Crippen LogP contribution in [0.2, 0.25) is 0 Å². The normalized spacial score (nSPS) is 10.8. The quantitative estimate of drug-likeness (QED) is 0.208. The van der Waals surface area contributed by atoms with Crippen molar-refractivity contribution in [3.63, 3.8) is 0 Å². The minimum absolute atomic E-state index is 0.0337. The Hall–Kier alpha value is -2.20. The Morgan fingerprint density at radius 2 is 1.33 bits per heavy atom. The molecule has 0 atom stereocenters. The van der Waals surface area contributed by atoms with Crippen molar-refractivity contribution < 1.29 is 44.3 Å². The molecule has 0 aliphatic heterocycles. The van der Waals surface area contributed by atoms with Crippen molar-refractivity contribution in [2.45, 2.75) is 77.7 Å². The molecule has 0 aromatic rings. The molecule has 0 aliphatic rings. The lowest BCUT2D eigenvalue weighted by Gasteiger charge is -2.18. The largest absolute Gasteiger partial charge is 0.481 e. The van der Waals surface area contributed by atoms with E-state index in [4.69, 9.17) is 25.2 Å². The lowest BCUT2D eigenvalue weighted by molar-refractivity contribution is -0.170. The molecule has 0 aliphatic carbocycles. The van der Waals surface area contributed by atoms with Crippen LogP contribution in [0.3, 0.4) is 0 Å². The Bertz CT molecular complexity index is 502. The highest BCUT2D eigenvalue weighted by Crippen LogP contribution is 2.15. The van der Waals surface area contributed by atoms with Gasteiger partial charge in [0, 0.05) is 13.0 Å². The summed E-state index contributed by atoms with van der Waals surface area (Å²) in [6, 6.07) is 0. The van der Waals surface area contributed by atoms with Crippen molar-refractivity contribution in [3.8, 4) is 0 Å². The molecule has 0 radical (unpaired) electrons. The number of likely N-dealkylation sites (N-methyl/N-ethyl adjacent to an activating group) is 1. The molecule has 0 saturated carbocycles. The summed E-state index contributed by atoms with van der Waals surface area (Å²) in [5, 5.41) is 33.8. The van der Waals surface area contributed by atoms with E-state index in [2.05, 4.69) is 25.7 Å². The van der Waals surface area contributed by atoms with E-state index >= 15 is 0 Å². The summed E-state index contributed by atoms with van der Waals surface area (Å²) in [7, 11) is 0. The van der Waals surface area contributed by atoms with Crippen LogP contribution in [0.15, 0.2) is 0 Å². The zero-order chi connectivity index (χ0) is 23.6. The molecule has 0 heterocycles. The molecule has 0 saturated heterocycles. The van der Waals surface area contributed by atoms with Gasteiger partial charge in [-0.2, -0.15) is 0 Å². The van der Waals surface area contributed by atoms with Crippen molar-refractivity contribution >= 4 is 23.9 Å². The SMILES string of the molecule is CCCCCCCC(=O)OCCN(CC)CC.O=C(O)CC(O)(CC(=O)O)C(=O)O. The molecule has 176 valence electrons. The van der Waals surface area contributed by atoms with Gasteiger partial charge in [-0.15, -0.1) is 0 Å². The molecule has 10 heteroatoms. The number of carboxylic acid groups (broad SMARTS) is 3. The molecular weight excluding hydrogens is 398 g/mol. The van der Waals surface area contributed by atoms with Crippen LogP contribution in [-0.4, -0.2) is 81.0 Å². The monoisotopic (exact) mass is 435 g/mol. The Balaban J connectivity index is 0. The number of carbonyl (C=O) groups excluding carboxylic acids is 1. The third-order valence-corrected chi connectivity index (χ3v) is 4.33. The minimum Gasteiger partial charge on any atom is -0.481 e. The minimum atomic E-state index is -2.74. The van der Waals surface area contributed by atoms with Crippen LogP contribution < -0.4 is 0 Å². The molecule has 0 bridgehead atoms. The van der Waals surface area contributed by atoms with Gasteiger partial charge in [-0.3, -0.25) is 14.4 Å². The third-order valence-electron chi connectivity index (χ3n) is 4.33. The Labute approximate surface area is 177 Å². The first kappa shape index (κ1) is 30.0. The summed E-state index contributed by atoms with van der Waals surface area (Å²) in [6.45, 7) is 9.87. The summed E-state index contributed by atoms with van der Waals surface area (Å²) in [5.74, 6) is -5.05. The van der Waals surface area contributed by atoms with E-state index in [0.29, 0.717) is 13.0 Å². The number of hydrogen-bond acceptors (Lipinski definition) is 7. The van der Waals surface area contributed by atoms with Gasteiger partial charge in [-0.05, 0) is 19.5 Å². The molecule has 0 rings (SSSR count). The van der Waals surface area contributed by atoms with Gasteiger partial charge < -0.3 is 30.1 Å². The van der Waals surface area contributed by atoms with Crippen LogP contribution in [0.25, 0.3) is 0 Å². The highest BCUT2D eigenvalue weighted by Gasteiger charge is 2.40. The number of ether oxygens (including phenoxy) is 1. The lowest BCUT2D eigenvalue weighted by Crippen LogP contribution is -2.42. The summed E-state index contributed by atoms with van der Waals surface area (Å²) >= 11 is 0. The molecule has 0 unspecified atom stereocenters. The molecule has 0 aromatic carbocycles. The highest BCUT2D eigenvalue weighted by atomic mass is 16.5. The Kier molecular flexibility index (Phi) is 17.6. The van der Waals surface area contributed by atoms with E-state index in [-0.39, 0.29) is 5.97 Å². The second-order valence-electron chi connectivity index (χ2n) is 6.89. The fourth-order valence-corrected chi connectivity index (χ4v) is 2.49. The Morgan fingerprint density at radius 1 is 0.833 bits per heavy atom. The van der Waals surface area contributed by atoms with Gasteiger partial charge >= 0.3 is 23.9 Å². The van der Waals surface area contributed by atoms with Gasteiger partial charge in [0.25, 0.3) is 0 Å². The second-order valence-corrected chi connectivity index (χ2v) is 6.89. The number of nitrogens with zero attached hydrogens (tertiary/aromatic N) is 1. The van der Waals surface area contributed by atoms with E-state index < -0.39 is 36.4 Å². The first-order chi connectivity index (χ1) is 14.0. The standard InChI is InChI=1S/C14H29NO2.C6H8O7/c1-4-7-8-9-10-11-14(16)17-13-12-15(5-2)6-3;7-3(8)1-6(13,5(11)12)2-4(9)10/h4-13H2,1-3H3;13H,1-2H2,(H,7,8)(H,9,10)(H,11,12). The third kappa shape index (κ3) is 16.7. The van der Waals surface area contributed by atoms with Crippen molar-refractivity contribution in [1.29, 1.82) is 0 Å². The van der Waals surface area contributed by atoms with Crippen LogP contribution in [0.4, 0.5) is 0 Å². The summed E-state index contributed by atoms with van der Waals surface area (Å²) in [6.07, 6.45) is 4.18. The molecular formula is C20H37NO9. The van der Waals surface area contributed by atoms with Gasteiger partial charge in [0.15, 0.2) is 5.60 Å². The fraction of sp³-hybridized carbons (Fsp3) is 0.800. The van der Waals surface area contributed by atoms with Crippen molar-refractivity contribution in [1.82, 2.24) is 4.90 Å². The number of carbonyl (C=O) groups is 4. The molecule has 0 amide bonds. The zero-order valence-electron chi connectivity index (χ0n) is 18.3. The van der Waals surface area contributed by atoms with Gasteiger partial charge in [0.2, 0.25) is 0 Å². The number of unbranched alkanes of at least 4 members (excludes halogenated alkanes) is 4. The van der Waals surface area contributed by atoms with Crippen LogP contribution in [-0.2, 0) is 23.9 Å². The summed E-state index contributed by atoms with van der Waals surface area (Å²) < 4.78 is 5.20. The molecule has 0 spiro atoms. The number of rotatable bonds is 16. The van der Waals surface area contributed by atoms with E-state index in [1.807, 2.05) is 0 Å². The van der Waals surface area contributed by atoms with E-state index in [9.17, 15) is 19.2 Å². The second kappa shape index (κ2) is 17.6. The lowest BCUT2D eigenvalue weighted by atomic mass is 9.96. The van der Waals surface area contributed by atoms with Gasteiger partial charge in [0.05, 0.1) is 12.8 Å². The number of carboxylic acids is 3. The number of aliphatic carboxylic acids is 3. The van der Waals surface area contributed by atoms with Gasteiger partial charge in [-0.25, -0.2) is 4.79 Å². The van der Waals surface area contributed by atoms with Crippen LogP contribution >= 0.6 is 0 Å². The molecule has 30 heavy (non-hydrogen) atoms. The van der Waals surface area contributed by atoms with Crippen molar-refractivity contribution in [2.24, 2.45) is 0 Å². The average molecular weight is 436 g/mol. The van der Waals surface area contributed by atoms with E-state index in [1.165, 1.54) is 19.3 Å². The molecule has 0 aromatic heterocycles. The highest BCUT2D eigenvalue weighted by molar-refractivity contribution is 5.88. The van der Waals surface area contributed by atoms with Crippen molar-refractivity contribution in [3.05, 3.63) is 0 Å². The first-order valence-electron chi connectivity index (χ1n) is 10.3. The van der Waals surface area contributed by atoms with E-state index in [0.717, 1.165) is 32.5 Å². The predicted octanol–water partition coefficient (Wildman–Crippen LogP) is 1.98. The maximum atomic E-state index is 11.4. The maximum Gasteiger partial charge on any atom is 0.336 e. The zero-order valence-corrected chi connectivity index (χ0v) is 18.3. The van der Waals surface area contributed by atoms with Gasteiger partial charge in [0.1, 0.15) is 6.61 Å². The smallest absolute Gasteiger partial charge is 0.336 e. The van der Waals surface area contributed by atoms with Crippen LogP contribution in [0, 0.1) is 0 Å². The Morgan fingerprint density at radius 3 is 1.73 bits per heavy atom. The predicted molar refractivity (Wildman–Crippen MR) is 109 cm³/mol. The molecule has 0 fully saturated rings. The van der Waals surface area contributed by atoms with E-state index in [1.54, 1.807) is 0 Å². The topological polar surface area (TPSA) is 162 Å². The maximum absolute atomic E-state index is 11.4. The average Bonchev–Trinajstić information content (AvgIpc) is 2.64. The van der Waals surface area contributed by atoms with Crippen LogP contribution in [0.1, 0.15) is 72.1 Å². The first-order valence-corrected chi connectivity index (χ1v) is 10.3.